The molecule has 276 valence electrons. The van der Waals surface area contributed by atoms with Crippen LogP contribution in [0.1, 0.15) is 79.3 Å². The van der Waals surface area contributed by atoms with Crippen molar-refractivity contribution in [3.8, 4) is 28.0 Å². The minimum Gasteiger partial charge on any atom is -0.387 e. The number of nitrogens with zero attached hydrogens (tertiary/aromatic N) is 9. The quantitative estimate of drug-likeness (QED) is 0.201. The first-order chi connectivity index (χ1) is 26.3. The zero-order valence-electron chi connectivity index (χ0n) is 30.2. The molecule has 2 saturated heterocycles. The molecule has 2 aliphatic heterocycles. The molecule has 0 spiro atoms. The molecular weight excluding hydrogens is 703 g/mol. The molecule has 5 aromatic rings. The largest absolute Gasteiger partial charge is 0.387 e. The molecule has 54 heavy (non-hydrogen) atoms. The maximum Gasteiger partial charge on any atom is 0.234 e. The van der Waals surface area contributed by atoms with Crippen LogP contribution >= 0.6 is 11.3 Å². The molecule has 3 fully saturated rings. The van der Waals surface area contributed by atoms with Gasteiger partial charge in [-0.15, -0.1) is 10.2 Å². The lowest BCUT2D eigenvalue weighted by molar-refractivity contribution is -0.138. The maximum atomic E-state index is 13.7. The molecule has 0 unspecified atom stereocenters. The number of fused-ring (bicyclic) bond motifs is 1. The number of carbonyl (C=O) groups excluding carboxylic acids is 3. The summed E-state index contributed by atoms with van der Waals surface area (Å²) in [7, 11) is 3.84. The Morgan fingerprint density at radius 3 is 2.52 bits per heavy atom. The summed E-state index contributed by atoms with van der Waals surface area (Å²) in [6, 6.07) is 13.9. The van der Waals surface area contributed by atoms with Crippen molar-refractivity contribution in [1.29, 1.82) is 5.26 Å². The summed E-state index contributed by atoms with van der Waals surface area (Å²) in [4.78, 5) is 51.0. The van der Waals surface area contributed by atoms with E-state index in [1.165, 1.54) is 0 Å². The molecule has 7 heterocycles. The van der Waals surface area contributed by atoms with Gasteiger partial charge in [-0.2, -0.15) is 10.4 Å². The number of carbonyl (C=O) groups is 3. The van der Waals surface area contributed by atoms with E-state index in [2.05, 4.69) is 41.9 Å². The summed E-state index contributed by atoms with van der Waals surface area (Å²) < 4.78 is 1.78. The average molecular weight is 744 g/mol. The molecule has 15 heteroatoms. The van der Waals surface area contributed by atoms with Crippen LogP contribution in [0.2, 0.25) is 0 Å². The van der Waals surface area contributed by atoms with Crippen LogP contribution in [-0.4, -0.2) is 85.6 Å². The standard InChI is InChI=1S/C39H41N11O3S/c1-41-31-18-32(33-10-8-28-17-23(19-40)20-44-50(28)33)42-22-30(31)38-47-46-37(54-38)24-3-6-27(7-4-24)48(2)39(53)25-13-15-49(16-14-25)34-11-5-26(21-43-34)29-9-12-35(51)45-36(29)52/h5,8,10-11,17-18,20-22,24-25,27,29H,3-4,6-7,9,12-16H2,1-2H3,(H,41,42)(H,45,51,52)/t24?,27?,29-/m1/s1. The second-order valence-corrected chi connectivity index (χ2v) is 15.4. The third-order valence-electron chi connectivity index (χ3n) is 11.3. The summed E-state index contributed by atoms with van der Waals surface area (Å²) in [5.41, 5.74) is 5.51. The number of hydrogen-bond donors (Lipinski definition) is 2. The van der Waals surface area contributed by atoms with Crippen molar-refractivity contribution in [2.45, 2.75) is 69.2 Å². The van der Waals surface area contributed by atoms with Gasteiger partial charge in [0.2, 0.25) is 17.7 Å². The van der Waals surface area contributed by atoms with Gasteiger partial charge in [-0.1, -0.05) is 17.4 Å². The highest BCUT2D eigenvalue weighted by molar-refractivity contribution is 7.14. The van der Waals surface area contributed by atoms with E-state index in [0.29, 0.717) is 24.3 Å². The van der Waals surface area contributed by atoms with Crippen LogP contribution in [0.15, 0.2) is 55.0 Å². The first-order valence-electron chi connectivity index (χ1n) is 18.5. The lowest BCUT2D eigenvalue weighted by Crippen LogP contribution is -2.46. The molecule has 8 rings (SSSR count). The topological polar surface area (TPSA) is 174 Å². The maximum absolute atomic E-state index is 13.7. The summed E-state index contributed by atoms with van der Waals surface area (Å²) in [5.74, 6) is 0.534. The number of imide groups is 1. The summed E-state index contributed by atoms with van der Waals surface area (Å²) in [5, 5.41) is 30.4. The average Bonchev–Trinajstić information content (AvgIpc) is 3.88. The fourth-order valence-corrected chi connectivity index (χ4v) is 9.11. The van der Waals surface area contributed by atoms with Gasteiger partial charge < -0.3 is 15.1 Å². The van der Waals surface area contributed by atoms with Gasteiger partial charge >= 0.3 is 0 Å². The van der Waals surface area contributed by atoms with Crippen LogP contribution in [0.3, 0.4) is 0 Å². The number of aromatic nitrogens is 6. The Morgan fingerprint density at radius 2 is 1.80 bits per heavy atom. The highest BCUT2D eigenvalue weighted by Crippen LogP contribution is 2.40. The van der Waals surface area contributed by atoms with Crippen molar-refractivity contribution in [3.05, 3.63) is 71.1 Å². The number of pyridine rings is 2. The molecule has 0 aromatic carbocycles. The Balaban J connectivity index is 0.843. The smallest absolute Gasteiger partial charge is 0.234 e. The zero-order chi connectivity index (χ0) is 37.3. The van der Waals surface area contributed by atoms with Gasteiger partial charge in [0, 0.05) is 69.6 Å². The first-order valence-corrected chi connectivity index (χ1v) is 19.3. The molecular formula is C39H41N11O3S. The molecule has 3 amide bonds. The van der Waals surface area contributed by atoms with Gasteiger partial charge in [0.15, 0.2) is 5.01 Å². The number of hydrogen-bond acceptors (Lipinski definition) is 12. The van der Waals surface area contributed by atoms with Crippen molar-refractivity contribution in [3.63, 3.8) is 0 Å². The van der Waals surface area contributed by atoms with E-state index in [1.807, 2.05) is 55.5 Å². The zero-order valence-corrected chi connectivity index (χ0v) is 31.1. The lowest BCUT2D eigenvalue weighted by Gasteiger charge is -2.38. The van der Waals surface area contributed by atoms with E-state index in [4.69, 9.17) is 4.98 Å². The Labute approximate surface area is 316 Å². The summed E-state index contributed by atoms with van der Waals surface area (Å²) in [6.07, 6.45) is 11.3. The number of piperidine rings is 2. The van der Waals surface area contributed by atoms with Gasteiger partial charge in [0.25, 0.3) is 0 Å². The van der Waals surface area contributed by atoms with E-state index >= 15 is 0 Å². The molecule has 0 radical (unpaired) electrons. The van der Waals surface area contributed by atoms with E-state index in [-0.39, 0.29) is 35.6 Å². The minimum absolute atomic E-state index is 0.0112. The molecule has 0 bridgehead atoms. The monoisotopic (exact) mass is 743 g/mol. The molecule has 1 aliphatic carbocycles. The van der Waals surface area contributed by atoms with Gasteiger partial charge in [0.1, 0.15) is 16.9 Å². The highest BCUT2D eigenvalue weighted by Gasteiger charge is 2.34. The van der Waals surface area contributed by atoms with Crippen LogP contribution in [-0.2, 0) is 14.4 Å². The Hall–Kier alpha value is -5.75. The van der Waals surface area contributed by atoms with Crippen LogP contribution in [0, 0.1) is 17.2 Å². The van der Waals surface area contributed by atoms with Crippen molar-refractivity contribution >= 4 is 46.1 Å². The second kappa shape index (κ2) is 14.9. The van der Waals surface area contributed by atoms with Crippen molar-refractivity contribution in [2.24, 2.45) is 5.92 Å². The van der Waals surface area contributed by atoms with Crippen LogP contribution in [0.5, 0.6) is 0 Å². The molecule has 1 saturated carbocycles. The molecule has 2 N–H and O–H groups in total. The lowest BCUT2D eigenvalue weighted by atomic mass is 9.85. The predicted octanol–water partition coefficient (Wildman–Crippen LogP) is 5.14. The normalized spacial score (nSPS) is 20.8. The van der Waals surface area contributed by atoms with Gasteiger partial charge in [-0.05, 0) is 80.8 Å². The molecule has 1 atom stereocenters. The van der Waals surface area contributed by atoms with Crippen molar-refractivity contribution < 1.29 is 14.4 Å². The van der Waals surface area contributed by atoms with E-state index in [1.54, 1.807) is 34.3 Å². The third kappa shape index (κ3) is 6.89. The molecule has 3 aliphatic rings. The van der Waals surface area contributed by atoms with E-state index in [0.717, 1.165) is 101 Å². The molecule has 5 aromatic heterocycles. The number of amides is 3. The predicted molar refractivity (Wildman–Crippen MR) is 204 cm³/mol. The Kier molecular flexibility index (Phi) is 9.76. The third-order valence-corrected chi connectivity index (χ3v) is 12.4. The number of nitriles is 1. The number of nitrogens with one attached hydrogen (secondary N) is 2. The number of anilines is 2. The van der Waals surface area contributed by atoms with Crippen molar-refractivity contribution in [1.82, 2.24) is 40.0 Å². The Morgan fingerprint density at radius 1 is 0.981 bits per heavy atom. The van der Waals surface area contributed by atoms with Crippen LogP contribution in [0.4, 0.5) is 11.5 Å². The van der Waals surface area contributed by atoms with Gasteiger partial charge in [-0.25, -0.2) is 9.50 Å². The second-order valence-electron chi connectivity index (χ2n) is 14.4. The van der Waals surface area contributed by atoms with E-state index in [9.17, 15) is 19.6 Å². The summed E-state index contributed by atoms with van der Waals surface area (Å²) in [6.45, 7) is 1.50. The fourth-order valence-electron chi connectivity index (χ4n) is 8.07. The SMILES string of the molecule is CNc1cc(-c2ccc3cc(C#N)cnn23)ncc1-c1nnc(C2CCC(N(C)C(=O)C3CCN(c4ccc([C@H]5CCC(=O)NC5=O)cn4)CC3)CC2)s1. The van der Waals surface area contributed by atoms with Gasteiger partial charge in [0.05, 0.1) is 40.1 Å². The van der Waals surface area contributed by atoms with E-state index < -0.39 is 0 Å². The van der Waals surface area contributed by atoms with Crippen LogP contribution < -0.4 is 15.5 Å². The fraction of sp³-hybridized carbons (Fsp3) is 0.410. The number of rotatable bonds is 8. The van der Waals surface area contributed by atoms with Gasteiger partial charge in [-0.3, -0.25) is 24.7 Å². The van der Waals surface area contributed by atoms with Crippen molar-refractivity contribution in [2.75, 3.05) is 37.4 Å². The highest BCUT2D eigenvalue weighted by atomic mass is 32.1. The minimum atomic E-state index is -0.347. The molecule has 14 nitrogen and oxygen atoms in total. The first kappa shape index (κ1) is 35.3. The Bertz CT molecular complexity index is 2250. The van der Waals surface area contributed by atoms with Crippen LogP contribution in [0.25, 0.3) is 27.5 Å². The summed E-state index contributed by atoms with van der Waals surface area (Å²) >= 11 is 1.61.